The topological polar surface area (TPSA) is 100 Å². The number of halogens is 3. The van der Waals surface area contributed by atoms with Gasteiger partial charge in [-0.05, 0) is 57.2 Å². The third kappa shape index (κ3) is 6.40. The van der Waals surface area contributed by atoms with Gasteiger partial charge in [-0.2, -0.15) is 13.2 Å². The Morgan fingerprint density at radius 3 is 2.06 bits per heavy atom. The van der Waals surface area contributed by atoms with Crippen molar-refractivity contribution in [1.29, 1.82) is 0 Å². The number of aromatic nitrogens is 3. The van der Waals surface area contributed by atoms with Gasteiger partial charge < -0.3 is 15.2 Å². The Bertz CT molecular complexity index is 1090. The lowest BCUT2D eigenvalue weighted by Gasteiger charge is -2.20. The standard InChI is InChI=1S/C22H21F3N4O3/c1-21(2,3)32-19(30)14-8-17(29-18(9-14)15-10-27-20(26)28-11-15)13-4-6-16(7-5-13)31-12-22(23,24)25/h4-11H,12H2,1-3H3,(H2,26,27,28). The van der Waals surface area contributed by atoms with Gasteiger partial charge in [-0.1, -0.05) is 0 Å². The number of nitrogens with zero attached hydrogens (tertiary/aromatic N) is 3. The number of pyridine rings is 1. The summed E-state index contributed by atoms with van der Waals surface area (Å²) in [5.74, 6) is -0.405. The van der Waals surface area contributed by atoms with E-state index in [1.807, 2.05) is 0 Å². The highest BCUT2D eigenvalue weighted by atomic mass is 19.4. The van der Waals surface area contributed by atoms with Crippen LogP contribution in [0.2, 0.25) is 0 Å². The van der Waals surface area contributed by atoms with Crippen molar-refractivity contribution in [2.75, 3.05) is 12.3 Å². The summed E-state index contributed by atoms with van der Waals surface area (Å²) in [6.07, 6.45) is -1.49. The lowest BCUT2D eigenvalue weighted by Crippen LogP contribution is -2.24. The number of benzene rings is 1. The molecule has 7 nitrogen and oxygen atoms in total. The number of hydrogen-bond donors (Lipinski definition) is 1. The molecule has 10 heteroatoms. The maximum Gasteiger partial charge on any atom is 0.422 e. The summed E-state index contributed by atoms with van der Waals surface area (Å²) in [6.45, 7) is 3.87. The van der Waals surface area contributed by atoms with Gasteiger partial charge in [0.15, 0.2) is 6.61 Å². The fourth-order valence-electron chi connectivity index (χ4n) is 2.64. The molecule has 0 bridgehead atoms. The molecule has 168 valence electrons. The predicted octanol–water partition coefficient (Wildman–Crippen LogP) is 4.68. The Hall–Kier alpha value is -3.69. The van der Waals surface area contributed by atoms with Gasteiger partial charge in [-0.15, -0.1) is 0 Å². The van der Waals surface area contributed by atoms with Crippen LogP contribution < -0.4 is 10.5 Å². The van der Waals surface area contributed by atoms with E-state index in [4.69, 9.17) is 15.2 Å². The Kier molecular flexibility index (Phi) is 6.33. The van der Waals surface area contributed by atoms with Crippen molar-refractivity contribution < 1.29 is 27.4 Å². The number of nitrogen functional groups attached to an aromatic ring is 1. The molecule has 2 aromatic heterocycles. The molecular formula is C22H21F3N4O3. The van der Waals surface area contributed by atoms with Crippen LogP contribution in [0, 0.1) is 0 Å². The minimum atomic E-state index is -4.43. The van der Waals surface area contributed by atoms with Crippen LogP contribution in [0.4, 0.5) is 19.1 Å². The van der Waals surface area contributed by atoms with Crippen LogP contribution in [0.3, 0.4) is 0 Å². The van der Waals surface area contributed by atoms with E-state index in [-0.39, 0.29) is 17.3 Å². The molecule has 32 heavy (non-hydrogen) atoms. The predicted molar refractivity (Wildman–Crippen MR) is 112 cm³/mol. The average Bonchev–Trinajstić information content (AvgIpc) is 2.71. The molecule has 2 heterocycles. The highest BCUT2D eigenvalue weighted by Gasteiger charge is 2.28. The Morgan fingerprint density at radius 1 is 0.969 bits per heavy atom. The summed E-state index contributed by atoms with van der Waals surface area (Å²) in [5.41, 5.74) is 6.97. The summed E-state index contributed by atoms with van der Waals surface area (Å²) in [7, 11) is 0. The van der Waals surface area contributed by atoms with Crippen LogP contribution >= 0.6 is 0 Å². The normalized spacial score (nSPS) is 11.8. The molecule has 0 aliphatic heterocycles. The summed E-state index contributed by atoms with van der Waals surface area (Å²) >= 11 is 0. The number of alkyl halides is 3. The molecule has 0 saturated heterocycles. The minimum absolute atomic E-state index is 0.0570. The zero-order valence-electron chi connectivity index (χ0n) is 17.6. The molecule has 0 atom stereocenters. The van der Waals surface area contributed by atoms with Crippen molar-refractivity contribution in [2.45, 2.75) is 32.5 Å². The van der Waals surface area contributed by atoms with Gasteiger partial charge in [0, 0.05) is 23.5 Å². The van der Waals surface area contributed by atoms with E-state index in [0.29, 0.717) is 22.5 Å². The monoisotopic (exact) mass is 446 g/mol. The molecule has 0 radical (unpaired) electrons. The summed E-state index contributed by atoms with van der Waals surface area (Å²) in [5, 5.41) is 0. The first-order valence-corrected chi connectivity index (χ1v) is 9.53. The van der Waals surface area contributed by atoms with Gasteiger partial charge >= 0.3 is 12.1 Å². The summed E-state index contributed by atoms with van der Waals surface area (Å²) < 4.78 is 47.3. The highest BCUT2D eigenvalue weighted by molar-refractivity contribution is 5.92. The zero-order valence-corrected chi connectivity index (χ0v) is 17.6. The third-order valence-electron chi connectivity index (χ3n) is 3.98. The van der Waals surface area contributed by atoms with Crippen molar-refractivity contribution in [2.24, 2.45) is 0 Å². The second kappa shape index (κ2) is 8.81. The molecule has 0 spiro atoms. The van der Waals surface area contributed by atoms with E-state index in [0.717, 1.165) is 0 Å². The van der Waals surface area contributed by atoms with Gasteiger partial charge in [-0.3, -0.25) is 0 Å². The number of hydrogen-bond acceptors (Lipinski definition) is 7. The van der Waals surface area contributed by atoms with E-state index in [1.165, 1.54) is 24.5 Å². The highest BCUT2D eigenvalue weighted by Crippen LogP contribution is 2.27. The smallest absolute Gasteiger partial charge is 0.422 e. The SMILES string of the molecule is CC(C)(C)OC(=O)c1cc(-c2ccc(OCC(F)(F)F)cc2)nc(-c2cnc(N)nc2)c1. The second-order valence-electron chi connectivity index (χ2n) is 7.89. The minimum Gasteiger partial charge on any atom is -0.484 e. The van der Waals surface area contributed by atoms with E-state index in [1.54, 1.807) is 45.0 Å². The van der Waals surface area contributed by atoms with Crippen molar-refractivity contribution in [3.63, 3.8) is 0 Å². The second-order valence-corrected chi connectivity index (χ2v) is 7.89. The molecule has 0 aliphatic carbocycles. The van der Waals surface area contributed by atoms with Crippen LogP contribution in [0.25, 0.3) is 22.5 Å². The molecule has 0 unspecified atom stereocenters. The maximum absolute atomic E-state index is 12.7. The van der Waals surface area contributed by atoms with Crippen LogP contribution in [-0.2, 0) is 4.74 Å². The molecule has 0 aliphatic rings. The van der Waals surface area contributed by atoms with Gasteiger partial charge in [0.2, 0.25) is 5.95 Å². The molecule has 3 rings (SSSR count). The molecule has 3 aromatic rings. The van der Waals surface area contributed by atoms with Crippen LogP contribution in [0.5, 0.6) is 5.75 Å². The third-order valence-corrected chi connectivity index (χ3v) is 3.98. The quantitative estimate of drug-likeness (QED) is 0.568. The Labute approximate surface area is 182 Å². The van der Waals surface area contributed by atoms with Crippen LogP contribution in [0.1, 0.15) is 31.1 Å². The summed E-state index contributed by atoms with van der Waals surface area (Å²) in [6, 6.07) is 8.99. The first-order chi connectivity index (χ1) is 14.9. The van der Waals surface area contributed by atoms with Gasteiger partial charge in [0.1, 0.15) is 11.4 Å². The van der Waals surface area contributed by atoms with Gasteiger partial charge in [-0.25, -0.2) is 19.7 Å². The van der Waals surface area contributed by atoms with E-state index in [2.05, 4.69) is 15.0 Å². The number of anilines is 1. The van der Waals surface area contributed by atoms with Gasteiger partial charge in [0.25, 0.3) is 0 Å². The largest absolute Gasteiger partial charge is 0.484 e. The lowest BCUT2D eigenvalue weighted by molar-refractivity contribution is -0.153. The fourth-order valence-corrected chi connectivity index (χ4v) is 2.64. The number of rotatable bonds is 5. The van der Waals surface area contributed by atoms with Crippen LogP contribution in [-0.4, -0.2) is 39.3 Å². The Morgan fingerprint density at radius 2 is 1.53 bits per heavy atom. The zero-order chi connectivity index (χ0) is 23.5. The number of nitrogens with two attached hydrogens (primary N) is 1. The number of ether oxygens (including phenoxy) is 2. The van der Waals surface area contributed by atoms with Crippen molar-refractivity contribution in [1.82, 2.24) is 15.0 Å². The summed E-state index contributed by atoms with van der Waals surface area (Å²) in [4.78, 5) is 25.1. The molecule has 1 aromatic carbocycles. The first kappa shape index (κ1) is 23.0. The maximum atomic E-state index is 12.7. The van der Waals surface area contributed by atoms with E-state index < -0.39 is 24.4 Å². The number of carbonyl (C=O) groups is 1. The van der Waals surface area contributed by atoms with Crippen molar-refractivity contribution in [3.05, 3.63) is 54.4 Å². The van der Waals surface area contributed by atoms with Crippen molar-refractivity contribution in [3.8, 4) is 28.3 Å². The lowest BCUT2D eigenvalue weighted by atomic mass is 10.1. The average molecular weight is 446 g/mol. The first-order valence-electron chi connectivity index (χ1n) is 9.53. The molecule has 0 fully saturated rings. The molecule has 0 amide bonds. The number of carbonyl (C=O) groups excluding carboxylic acids is 1. The fraction of sp³-hybridized carbons (Fsp3) is 0.273. The van der Waals surface area contributed by atoms with Gasteiger partial charge in [0.05, 0.1) is 17.0 Å². The Balaban J connectivity index is 1.98. The van der Waals surface area contributed by atoms with E-state index in [9.17, 15) is 18.0 Å². The van der Waals surface area contributed by atoms with Crippen LogP contribution in [0.15, 0.2) is 48.8 Å². The van der Waals surface area contributed by atoms with Crippen molar-refractivity contribution >= 4 is 11.9 Å². The number of esters is 1. The molecule has 2 N–H and O–H groups in total. The molecular weight excluding hydrogens is 425 g/mol. The van der Waals surface area contributed by atoms with E-state index >= 15 is 0 Å². The molecule has 0 saturated carbocycles.